The minimum Gasteiger partial charge on any atom is -0.423 e. The van der Waals surface area contributed by atoms with Crippen molar-refractivity contribution in [2.24, 2.45) is 4.99 Å². The van der Waals surface area contributed by atoms with Gasteiger partial charge in [-0.3, -0.25) is 9.69 Å². The Hall–Kier alpha value is -2.08. The number of carbonyl (C=O) groups excluding carboxylic acids is 2. The molecule has 1 aromatic rings. The Kier molecular flexibility index (Phi) is 2.32. The van der Waals surface area contributed by atoms with Gasteiger partial charge in [0.15, 0.2) is 5.17 Å². The molecule has 1 atom stereocenters. The fraction of sp³-hybridized carbons (Fsp3) is 0.214. The largest absolute Gasteiger partial charge is 0.423 e. The molecule has 0 aromatic heterocycles. The number of amides is 1. The summed E-state index contributed by atoms with van der Waals surface area (Å²) in [5.41, 5.74) is 1.93. The molecule has 0 radical (unpaired) electrons. The lowest BCUT2D eigenvalue weighted by atomic mass is 9.92. The highest BCUT2D eigenvalue weighted by molar-refractivity contribution is 8.15. The number of thioether (sulfide) groups is 1. The van der Waals surface area contributed by atoms with E-state index in [9.17, 15) is 9.59 Å². The molecular formula is C14H10N2O3S. The molecule has 3 aliphatic rings. The van der Waals surface area contributed by atoms with Crippen LogP contribution in [0.4, 0.5) is 0 Å². The standard InChI is InChI=1S/C14H10N2O3S/c1-7-11-12(16-10(17)6-20-14(16)15-7)8-4-2-3-5-9(8)19-13(11)18/h2-5,12H,6H2,1H3. The van der Waals surface area contributed by atoms with Gasteiger partial charge in [0, 0.05) is 5.56 Å². The van der Waals surface area contributed by atoms with Crippen molar-refractivity contribution >= 4 is 28.8 Å². The number of allylic oxidation sites excluding steroid dienone is 1. The highest BCUT2D eigenvalue weighted by atomic mass is 32.2. The first-order valence-electron chi connectivity index (χ1n) is 6.22. The molecule has 1 unspecified atom stereocenters. The van der Waals surface area contributed by atoms with E-state index in [2.05, 4.69) is 4.99 Å². The summed E-state index contributed by atoms with van der Waals surface area (Å²) < 4.78 is 5.34. The van der Waals surface area contributed by atoms with E-state index in [1.807, 2.05) is 18.2 Å². The van der Waals surface area contributed by atoms with Gasteiger partial charge >= 0.3 is 5.97 Å². The van der Waals surface area contributed by atoms with Gasteiger partial charge in [-0.2, -0.15) is 0 Å². The molecular weight excluding hydrogens is 276 g/mol. The second-order valence-corrected chi connectivity index (χ2v) is 5.72. The minimum absolute atomic E-state index is 0.0201. The maximum atomic E-state index is 12.2. The Morgan fingerprint density at radius 1 is 1.35 bits per heavy atom. The zero-order chi connectivity index (χ0) is 13.9. The Balaban J connectivity index is 1.99. The Morgan fingerprint density at radius 3 is 3.00 bits per heavy atom. The van der Waals surface area contributed by atoms with Crippen LogP contribution < -0.4 is 4.74 Å². The van der Waals surface area contributed by atoms with Gasteiger partial charge in [-0.15, -0.1) is 0 Å². The van der Waals surface area contributed by atoms with Crippen molar-refractivity contribution in [2.75, 3.05) is 5.75 Å². The number of benzene rings is 1. The van der Waals surface area contributed by atoms with Gasteiger partial charge in [0.05, 0.1) is 17.0 Å². The number of esters is 1. The predicted octanol–water partition coefficient (Wildman–Crippen LogP) is 1.87. The van der Waals surface area contributed by atoms with Crippen LogP contribution in [0.1, 0.15) is 18.5 Å². The molecule has 1 fully saturated rings. The molecule has 0 bridgehead atoms. The first-order valence-corrected chi connectivity index (χ1v) is 7.21. The highest BCUT2D eigenvalue weighted by Crippen LogP contribution is 2.46. The van der Waals surface area contributed by atoms with Crippen LogP contribution in [0.15, 0.2) is 40.5 Å². The molecule has 0 saturated carbocycles. The van der Waals surface area contributed by atoms with Crippen molar-refractivity contribution in [1.82, 2.24) is 4.90 Å². The van der Waals surface area contributed by atoms with E-state index in [-0.39, 0.29) is 5.91 Å². The summed E-state index contributed by atoms with van der Waals surface area (Å²) in [7, 11) is 0. The van der Waals surface area contributed by atoms with Crippen molar-refractivity contribution in [3.63, 3.8) is 0 Å². The van der Waals surface area contributed by atoms with E-state index < -0.39 is 12.0 Å². The van der Waals surface area contributed by atoms with Crippen molar-refractivity contribution < 1.29 is 14.3 Å². The first kappa shape index (κ1) is 11.7. The maximum absolute atomic E-state index is 12.2. The maximum Gasteiger partial charge on any atom is 0.343 e. The molecule has 0 spiro atoms. The highest BCUT2D eigenvalue weighted by Gasteiger charge is 2.46. The molecule has 3 aliphatic heterocycles. The van der Waals surface area contributed by atoms with Crippen molar-refractivity contribution in [2.45, 2.75) is 13.0 Å². The number of nitrogens with zero attached hydrogens (tertiary/aromatic N) is 2. The normalized spacial score (nSPS) is 23.9. The van der Waals surface area contributed by atoms with Crippen LogP contribution in [-0.4, -0.2) is 27.7 Å². The average Bonchev–Trinajstić information content (AvgIpc) is 2.79. The van der Waals surface area contributed by atoms with Crippen LogP contribution in [0.2, 0.25) is 0 Å². The SMILES string of the molecule is CC1=C2C(=O)Oc3ccccc3C2N2C(=O)CSC2=N1. The van der Waals surface area contributed by atoms with Crippen molar-refractivity contribution in [3.05, 3.63) is 41.1 Å². The monoisotopic (exact) mass is 286 g/mol. The minimum atomic E-state index is -0.418. The van der Waals surface area contributed by atoms with E-state index in [0.29, 0.717) is 27.9 Å². The van der Waals surface area contributed by atoms with Crippen LogP contribution in [0, 0.1) is 0 Å². The van der Waals surface area contributed by atoms with Crippen LogP contribution in [0.25, 0.3) is 0 Å². The van der Waals surface area contributed by atoms with Crippen LogP contribution in [0.3, 0.4) is 0 Å². The van der Waals surface area contributed by atoms with Gasteiger partial charge in [0.2, 0.25) is 5.91 Å². The van der Waals surface area contributed by atoms with Gasteiger partial charge in [-0.25, -0.2) is 9.79 Å². The lowest BCUT2D eigenvalue weighted by Gasteiger charge is -2.36. The number of amidine groups is 1. The van der Waals surface area contributed by atoms with E-state index in [0.717, 1.165) is 5.56 Å². The topological polar surface area (TPSA) is 59.0 Å². The summed E-state index contributed by atoms with van der Waals surface area (Å²) in [4.78, 5) is 30.3. The van der Waals surface area contributed by atoms with E-state index >= 15 is 0 Å². The quantitative estimate of drug-likeness (QED) is 0.539. The molecule has 0 N–H and O–H groups in total. The van der Waals surface area contributed by atoms with Gasteiger partial charge < -0.3 is 4.74 Å². The third-order valence-electron chi connectivity index (χ3n) is 3.62. The number of rotatable bonds is 0. The molecule has 20 heavy (non-hydrogen) atoms. The molecule has 5 nitrogen and oxygen atoms in total. The fourth-order valence-corrected chi connectivity index (χ4v) is 3.69. The van der Waals surface area contributed by atoms with Gasteiger partial charge in [0.25, 0.3) is 0 Å². The number of hydrogen-bond donors (Lipinski definition) is 0. The molecule has 4 rings (SSSR count). The zero-order valence-electron chi connectivity index (χ0n) is 10.6. The van der Waals surface area contributed by atoms with E-state index in [4.69, 9.17) is 4.74 Å². The Bertz CT molecular complexity index is 723. The third-order valence-corrected chi connectivity index (χ3v) is 4.56. The Morgan fingerprint density at radius 2 is 2.15 bits per heavy atom. The van der Waals surface area contributed by atoms with Crippen LogP contribution in [-0.2, 0) is 9.59 Å². The number of carbonyl (C=O) groups is 2. The number of para-hydroxylation sites is 1. The Labute approximate surface area is 119 Å². The molecule has 6 heteroatoms. The molecule has 100 valence electrons. The summed E-state index contributed by atoms with van der Waals surface area (Å²) in [6.07, 6.45) is 0. The van der Waals surface area contributed by atoms with Crippen LogP contribution in [0.5, 0.6) is 5.75 Å². The second kappa shape index (κ2) is 3.96. The number of aliphatic imine (C=N–C) groups is 1. The summed E-state index contributed by atoms with van der Waals surface area (Å²) in [6.45, 7) is 1.78. The lowest BCUT2D eigenvalue weighted by Crippen LogP contribution is -2.42. The summed E-state index contributed by atoms with van der Waals surface area (Å²) in [6, 6.07) is 6.93. The molecule has 1 amide bonds. The van der Waals surface area contributed by atoms with Gasteiger partial charge in [-0.1, -0.05) is 30.0 Å². The molecule has 0 aliphatic carbocycles. The summed E-state index contributed by atoms with van der Waals surface area (Å²) >= 11 is 1.41. The molecule has 3 heterocycles. The third kappa shape index (κ3) is 1.42. The molecule has 1 aromatic carbocycles. The smallest absolute Gasteiger partial charge is 0.343 e. The fourth-order valence-electron chi connectivity index (χ4n) is 2.75. The van der Waals surface area contributed by atoms with E-state index in [1.165, 1.54) is 11.8 Å². The second-order valence-electron chi connectivity index (χ2n) is 4.78. The predicted molar refractivity (Wildman–Crippen MR) is 74.3 cm³/mol. The summed E-state index contributed by atoms with van der Waals surface area (Å²) in [5, 5.41) is 0.672. The number of ether oxygens (including phenoxy) is 1. The number of hydrogen-bond acceptors (Lipinski definition) is 5. The summed E-state index contributed by atoms with van der Waals surface area (Å²) in [5.74, 6) is 0.449. The van der Waals surface area contributed by atoms with Gasteiger partial charge in [0.1, 0.15) is 11.8 Å². The zero-order valence-corrected chi connectivity index (χ0v) is 11.4. The molecule has 1 saturated heterocycles. The first-order chi connectivity index (χ1) is 9.66. The van der Waals surface area contributed by atoms with Crippen molar-refractivity contribution in [1.29, 1.82) is 0 Å². The average molecular weight is 286 g/mol. The number of fused-ring (bicyclic) bond motifs is 5. The van der Waals surface area contributed by atoms with Gasteiger partial charge in [-0.05, 0) is 13.0 Å². The van der Waals surface area contributed by atoms with Crippen LogP contribution >= 0.6 is 11.8 Å². The van der Waals surface area contributed by atoms with E-state index in [1.54, 1.807) is 17.9 Å². The lowest BCUT2D eigenvalue weighted by molar-refractivity contribution is -0.132. The van der Waals surface area contributed by atoms with Crippen molar-refractivity contribution in [3.8, 4) is 5.75 Å².